The maximum atomic E-state index is 6.07. The van der Waals surface area contributed by atoms with E-state index in [4.69, 9.17) is 3.95 Å². The molecule has 3 nitrogen and oxygen atoms in total. The van der Waals surface area contributed by atoms with Crippen molar-refractivity contribution in [3.05, 3.63) is 146 Å². The van der Waals surface area contributed by atoms with Gasteiger partial charge in [-0.1, -0.05) is 30.3 Å². The molecule has 4 heteroatoms. The third kappa shape index (κ3) is 3.88. The number of nitrogens with two attached hydrogens (primary N) is 1. The molecule has 0 bridgehead atoms. The second-order valence-electron chi connectivity index (χ2n) is 12.0. The van der Waals surface area contributed by atoms with Gasteiger partial charge in [-0.25, -0.2) is 0 Å². The van der Waals surface area contributed by atoms with Gasteiger partial charge in [0.25, 0.3) is 0 Å². The minimum absolute atomic E-state index is 0.255. The smallest absolute Gasteiger partial charge is 0.0621 e. The fraction of sp³-hybridized carbons (Fsp3) is 0.211. The first-order chi connectivity index (χ1) is 20.7. The van der Waals surface area contributed by atoms with Crippen LogP contribution in [-0.2, 0) is 0 Å². The van der Waals surface area contributed by atoms with E-state index >= 15 is 0 Å². The predicted octanol–water partition coefficient (Wildman–Crippen LogP) is 5.68. The van der Waals surface area contributed by atoms with Crippen LogP contribution in [0.3, 0.4) is 0 Å². The van der Waals surface area contributed by atoms with Crippen molar-refractivity contribution < 1.29 is 21.5 Å². The Kier molecular flexibility index (Phi) is 6.38. The number of benzene rings is 3. The summed E-state index contributed by atoms with van der Waals surface area (Å²) < 4.78 is 9.90. The number of para-hydroxylation sites is 2. The van der Waals surface area contributed by atoms with Crippen molar-refractivity contribution in [2.45, 2.75) is 44.1 Å². The number of hydrogen-bond acceptors (Lipinski definition) is 2. The van der Waals surface area contributed by atoms with Crippen LogP contribution in [0.15, 0.2) is 115 Å². The predicted molar refractivity (Wildman–Crippen MR) is 170 cm³/mol. The number of fused-ring (bicyclic) bond motifs is 6. The van der Waals surface area contributed by atoms with E-state index in [2.05, 4.69) is 145 Å². The first kappa shape index (κ1) is 26.1. The summed E-state index contributed by atoms with van der Waals surface area (Å²) in [5, 5.41) is 0. The summed E-state index contributed by atoms with van der Waals surface area (Å²) in [5.74, 6) is 1.44. The molecule has 210 valence electrons. The molecule has 4 aliphatic rings. The van der Waals surface area contributed by atoms with E-state index in [0.717, 1.165) is 6.42 Å². The Hall–Kier alpha value is -3.61. The molecule has 2 N–H and O–H groups in total. The minimum Gasteiger partial charge on any atom is -0.0621 e. The van der Waals surface area contributed by atoms with Crippen LogP contribution in [-0.4, -0.2) is 10.6 Å². The number of nitrogens with zero attached hydrogens (tertiary/aromatic N) is 2. The normalized spacial score (nSPS) is 25.2. The SMILES string of the molecule is CC1CC=Cc2c3c(n(-c4ccc([I-]N)cc4)c21)C=CC(C)C3C1=CC=CC2C1c1ccccc1N2c1ccccc1. The molecule has 3 aliphatic carbocycles. The van der Waals surface area contributed by atoms with Gasteiger partial charge in [0.05, 0.1) is 0 Å². The van der Waals surface area contributed by atoms with Gasteiger partial charge in [0.15, 0.2) is 0 Å². The second kappa shape index (κ2) is 10.3. The topological polar surface area (TPSA) is 34.2 Å². The van der Waals surface area contributed by atoms with Crippen molar-refractivity contribution in [2.75, 3.05) is 4.90 Å². The van der Waals surface area contributed by atoms with Crippen LogP contribution in [0.4, 0.5) is 11.4 Å². The molecule has 3 aromatic carbocycles. The van der Waals surface area contributed by atoms with Crippen molar-refractivity contribution in [3.63, 3.8) is 0 Å². The Balaban J connectivity index is 1.32. The van der Waals surface area contributed by atoms with Gasteiger partial charge in [0.1, 0.15) is 0 Å². The standard InChI is InChI=1S/C38H35IN3/c1-24-18-23-34-37(31-15-8-10-25(2)38(31)42(34)28-21-19-26(39-40)20-22-28)35(24)30-14-9-17-33-36(30)29-13-6-7-16-32(29)41(33)27-11-4-3-5-12-27/h3-9,11-25,33,35-36H,10,40H2,1-2H3/q-1. The summed E-state index contributed by atoms with van der Waals surface area (Å²) in [6.45, 7) is 4.79. The fourth-order valence-electron chi connectivity index (χ4n) is 7.95. The van der Waals surface area contributed by atoms with Crippen LogP contribution in [0.25, 0.3) is 17.8 Å². The van der Waals surface area contributed by atoms with Crippen LogP contribution in [0.1, 0.15) is 66.1 Å². The Labute approximate surface area is 259 Å². The molecule has 5 atom stereocenters. The number of hydrogen-bond donors (Lipinski definition) is 1. The summed E-state index contributed by atoms with van der Waals surface area (Å²) in [6.07, 6.45) is 17.9. The average molecular weight is 661 g/mol. The molecular weight excluding hydrogens is 625 g/mol. The Morgan fingerprint density at radius 2 is 1.60 bits per heavy atom. The van der Waals surface area contributed by atoms with Crippen molar-refractivity contribution in [3.8, 4) is 5.69 Å². The third-order valence-corrected chi connectivity index (χ3v) is 11.1. The molecular formula is C38H35IN3-. The van der Waals surface area contributed by atoms with Gasteiger partial charge < -0.3 is 0 Å². The molecule has 42 heavy (non-hydrogen) atoms. The van der Waals surface area contributed by atoms with Gasteiger partial charge in [-0.15, -0.1) is 0 Å². The van der Waals surface area contributed by atoms with Crippen molar-refractivity contribution in [2.24, 2.45) is 9.86 Å². The monoisotopic (exact) mass is 660 g/mol. The van der Waals surface area contributed by atoms with Gasteiger partial charge in [-0.3, -0.25) is 0 Å². The van der Waals surface area contributed by atoms with Gasteiger partial charge in [0, 0.05) is 5.69 Å². The average Bonchev–Trinajstić information content (AvgIpc) is 3.56. The molecule has 2 heterocycles. The molecule has 0 saturated carbocycles. The summed E-state index contributed by atoms with van der Waals surface area (Å²) >= 11 is -0.414. The van der Waals surface area contributed by atoms with Crippen LogP contribution >= 0.6 is 0 Å². The van der Waals surface area contributed by atoms with Crippen LogP contribution < -0.4 is 30.3 Å². The van der Waals surface area contributed by atoms with E-state index in [9.17, 15) is 0 Å². The number of halogens is 1. The molecule has 0 saturated heterocycles. The van der Waals surface area contributed by atoms with E-state index in [1.807, 2.05) is 0 Å². The molecule has 0 amide bonds. The number of anilines is 2. The summed E-state index contributed by atoms with van der Waals surface area (Å²) in [4.78, 5) is 2.55. The Bertz CT molecular complexity index is 1790. The van der Waals surface area contributed by atoms with E-state index in [1.54, 1.807) is 0 Å². The van der Waals surface area contributed by atoms with Gasteiger partial charge in [-0.2, -0.15) is 0 Å². The molecule has 8 rings (SSSR count). The van der Waals surface area contributed by atoms with Crippen molar-refractivity contribution in [1.82, 2.24) is 4.57 Å². The van der Waals surface area contributed by atoms with Gasteiger partial charge >= 0.3 is 206 Å². The zero-order valence-corrected chi connectivity index (χ0v) is 26.1. The molecule has 0 radical (unpaired) electrons. The van der Waals surface area contributed by atoms with Crippen molar-refractivity contribution in [1.29, 1.82) is 0 Å². The van der Waals surface area contributed by atoms with E-state index in [0.29, 0.717) is 23.7 Å². The van der Waals surface area contributed by atoms with Crippen LogP contribution in [0.2, 0.25) is 0 Å². The molecule has 0 fully saturated rings. The van der Waals surface area contributed by atoms with E-state index in [-0.39, 0.29) is 6.04 Å². The van der Waals surface area contributed by atoms with E-state index in [1.165, 1.54) is 54.3 Å². The number of allylic oxidation sites excluding steroid dienone is 4. The van der Waals surface area contributed by atoms with Crippen molar-refractivity contribution >= 4 is 23.5 Å². The molecule has 1 aromatic heterocycles. The second-order valence-corrected chi connectivity index (χ2v) is 13.9. The third-order valence-electron chi connectivity index (χ3n) is 9.69. The maximum absolute atomic E-state index is 6.07. The number of aromatic nitrogens is 1. The zero-order valence-electron chi connectivity index (χ0n) is 24.0. The quantitative estimate of drug-likeness (QED) is 0.226. The first-order valence-corrected chi connectivity index (χ1v) is 17.4. The molecule has 0 spiro atoms. The van der Waals surface area contributed by atoms with Crippen LogP contribution in [0, 0.1) is 9.49 Å². The first-order valence-electron chi connectivity index (χ1n) is 15.0. The number of rotatable bonds is 4. The Morgan fingerprint density at radius 3 is 2.40 bits per heavy atom. The van der Waals surface area contributed by atoms with Gasteiger partial charge in [-0.05, 0) is 18.2 Å². The summed E-state index contributed by atoms with van der Waals surface area (Å²) in [5.41, 5.74) is 12.5. The molecule has 4 aromatic rings. The zero-order chi connectivity index (χ0) is 28.4. The molecule has 1 aliphatic heterocycles. The minimum atomic E-state index is -0.414. The molecule has 5 unspecified atom stereocenters. The van der Waals surface area contributed by atoms with Gasteiger partial charge in [0.2, 0.25) is 0 Å². The Morgan fingerprint density at radius 1 is 0.810 bits per heavy atom. The van der Waals surface area contributed by atoms with Crippen LogP contribution in [0.5, 0.6) is 0 Å². The van der Waals surface area contributed by atoms with E-state index < -0.39 is 21.5 Å². The summed E-state index contributed by atoms with van der Waals surface area (Å²) in [7, 11) is 0. The fourth-order valence-corrected chi connectivity index (χ4v) is 8.72. The summed E-state index contributed by atoms with van der Waals surface area (Å²) in [6, 6.07) is 29.2.